The van der Waals surface area contributed by atoms with Crippen molar-refractivity contribution in [2.24, 2.45) is 0 Å². The first-order valence-corrected chi connectivity index (χ1v) is 8.97. The van der Waals surface area contributed by atoms with Crippen molar-refractivity contribution in [3.05, 3.63) is 77.6 Å². The van der Waals surface area contributed by atoms with Gasteiger partial charge >= 0.3 is 0 Å². The largest absolute Gasteiger partial charge is 0.322 e. The summed E-state index contributed by atoms with van der Waals surface area (Å²) in [6.07, 6.45) is 2.85. The van der Waals surface area contributed by atoms with E-state index in [9.17, 15) is 14.0 Å². The van der Waals surface area contributed by atoms with E-state index < -0.39 is 11.7 Å². The van der Waals surface area contributed by atoms with E-state index in [4.69, 9.17) is 0 Å². The molecule has 0 atom stereocenters. The summed E-state index contributed by atoms with van der Waals surface area (Å²) in [5.41, 5.74) is 1.64. The standard InChI is InChI=1S/C20H16FN3O2S/c1-14(25)24(18-8-3-2-4-9-18)20-23-17(13-27-20)10-11-19(26)22-16-7-5-6-15(21)12-16/h2-13H,1H3,(H,22,26)/b11-10+. The van der Waals surface area contributed by atoms with Crippen LogP contribution in [0.3, 0.4) is 0 Å². The van der Waals surface area contributed by atoms with Crippen molar-refractivity contribution in [3.63, 3.8) is 0 Å². The first-order chi connectivity index (χ1) is 13.0. The second-order valence-corrected chi connectivity index (χ2v) is 6.41. The molecule has 27 heavy (non-hydrogen) atoms. The molecule has 5 nitrogen and oxygen atoms in total. The van der Waals surface area contributed by atoms with Gasteiger partial charge in [-0.05, 0) is 36.4 Å². The van der Waals surface area contributed by atoms with Gasteiger partial charge in [-0.2, -0.15) is 0 Å². The lowest BCUT2D eigenvalue weighted by Gasteiger charge is -2.17. The minimum absolute atomic E-state index is 0.157. The van der Waals surface area contributed by atoms with E-state index in [0.717, 1.165) is 5.69 Å². The first-order valence-electron chi connectivity index (χ1n) is 8.09. The number of halogens is 1. The second kappa shape index (κ2) is 8.37. The molecule has 0 aliphatic carbocycles. The Morgan fingerprint density at radius 2 is 1.93 bits per heavy atom. The molecule has 1 aromatic heterocycles. The Morgan fingerprint density at radius 1 is 1.15 bits per heavy atom. The minimum Gasteiger partial charge on any atom is -0.322 e. The van der Waals surface area contributed by atoms with Gasteiger partial charge in [0.05, 0.1) is 11.4 Å². The highest BCUT2D eigenvalue weighted by molar-refractivity contribution is 7.14. The van der Waals surface area contributed by atoms with Crippen molar-refractivity contribution < 1.29 is 14.0 Å². The van der Waals surface area contributed by atoms with Crippen molar-refractivity contribution in [1.82, 2.24) is 4.98 Å². The summed E-state index contributed by atoms with van der Waals surface area (Å²) in [5, 5.41) is 4.84. The molecule has 3 aromatic rings. The Bertz CT molecular complexity index is 986. The molecule has 1 heterocycles. The Balaban J connectivity index is 1.72. The Morgan fingerprint density at radius 3 is 2.63 bits per heavy atom. The summed E-state index contributed by atoms with van der Waals surface area (Å²) in [6, 6.07) is 14.9. The van der Waals surface area contributed by atoms with Gasteiger partial charge in [0, 0.05) is 24.1 Å². The third kappa shape index (κ3) is 4.86. The molecule has 0 radical (unpaired) electrons. The average molecular weight is 381 g/mol. The lowest BCUT2D eigenvalue weighted by molar-refractivity contribution is -0.116. The smallest absolute Gasteiger partial charge is 0.248 e. The van der Waals surface area contributed by atoms with Crippen LogP contribution in [0.5, 0.6) is 0 Å². The van der Waals surface area contributed by atoms with Crippen LogP contribution < -0.4 is 10.2 Å². The molecule has 136 valence electrons. The van der Waals surface area contributed by atoms with Gasteiger partial charge in [-0.15, -0.1) is 11.3 Å². The van der Waals surface area contributed by atoms with Gasteiger partial charge in [-0.25, -0.2) is 9.37 Å². The minimum atomic E-state index is -0.425. The maximum atomic E-state index is 13.1. The molecule has 3 rings (SSSR count). The topological polar surface area (TPSA) is 62.3 Å². The van der Waals surface area contributed by atoms with Crippen LogP contribution in [0.4, 0.5) is 20.9 Å². The zero-order chi connectivity index (χ0) is 19.2. The number of nitrogens with one attached hydrogen (secondary N) is 1. The van der Waals surface area contributed by atoms with Crippen LogP contribution in [0.2, 0.25) is 0 Å². The number of thiazole rings is 1. The third-order valence-electron chi connectivity index (χ3n) is 3.53. The molecule has 2 amide bonds. The number of rotatable bonds is 5. The van der Waals surface area contributed by atoms with Crippen molar-refractivity contribution in [2.75, 3.05) is 10.2 Å². The molecule has 7 heteroatoms. The molecule has 0 saturated heterocycles. The maximum absolute atomic E-state index is 13.1. The van der Waals surface area contributed by atoms with Crippen LogP contribution in [-0.2, 0) is 9.59 Å². The van der Waals surface area contributed by atoms with E-state index in [2.05, 4.69) is 10.3 Å². The van der Waals surface area contributed by atoms with Crippen molar-refractivity contribution >= 4 is 45.7 Å². The van der Waals surface area contributed by atoms with Crippen molar-refractivity contribution in [3.8, 4) is 0 Å². The van der Waals surface area contributed by atoms with Gasteiger partial charge in [0.25, 0.3) is 0 Å². The number of carbonyl (C=O) groups excluding carboxylic acids is 2. The molecule has 0 spiro atoms. The summed E-state index contributed by atoms with van der Waals surface area (Å²) in [4.78, 5) is 29.9. The molecular weight excluding hydrogens is 365 g/mol. The van der Waals surface area contributed by atoms with Crippen LogP contribution in [-0.4, -0.2) is 16.8 Å². The quantitative estimate of drug-likeness (QED) is 0.656. The molecule has 0 fully saturated rings. The van der Waals surface area contributed by atoms with E-state index >= 15 is 0 Å². The Kier molecular flexibility index (Phi) is 5.73. The molecule has 2 aromatic carbocycles. The molecule has 0 saturated carbocycles. The van der Waals surface area contributed by atoms with Gasteiger partial charge in [-0.3, -0.25) is 14.5 Å². The zero-order valence-electron chi connectivity index (χ0n) is 14.4. The fourth-order valence-electron chi connectivity index (χ4n) is 2.37. The molecule has 0 unspecified atom stereocenters. The van der Waals surface area contributed by atoms with Gasteiger partial charge < -0.3 is 5.32 Å². The number of aromatic nitrogens is 1. The van der Waals surface area contributed by atoms with Crippen LogP contribution in [0.15, 0.2) is 66.1 Å². The number of nitrogens with zero attached hydrogens (tertiary/aromatic N) is 2. The monoisotopic (exact) mass is 381 g/mol. The summed E-state index contributed by atoms with van der Waals surface area (Å²) in [6.45, 7) is 1.47. The van der Waals surface area contributed by atoms with Crippen molar-refractivity contribution in [1.29, 1.82) is 0 Å². The highest BCUT2D eigenvalue weighted by atomic mass is 32.1. The van der Waals surface area contributed by atoms with Crippen LogP contribution in [0, 0.1) is 5.82 Å². The lowest BCUT2D eigenvalue weighted by Crippen LogP contribution is -2.22. The summed E-state index contributed by atoms with van der Waals surface area (Å²) in [5.74, 6) is -0.984. The van der Waals surface area contributed by atoms with Gasteiger partial charge in [0.15, 0.2) is 5.13 Å². The number of anilines is 3. The molecule has 0 aliphatic rings. The number of hydrogen-bond acceptors (Lipinski definition) is 4. The highest BCUT2D eigenvalue weighted by Gasteiger charge is 2.17. The summed E-state index contributed by atoms with van der Waals surface area (Å²) in [7, 11) is 0. The maximum Gasteiger partial charge on any atom is 0.248 e. The Hall–Kier alpha value is -3.32. The number of amides is 2. The predicted octanol–water partition coefficient (Wildman–Crippen LogP) is 4.62. The second-order valence-electron chi connectivity index (χ2n) is 5.58. The fourth-order valence-corrected chi connectivity index (χ4v) is 3.23. The normalized spacial score (nSPS) is 10.7. The molecule has 0 aliphatic heterocycles. The average Bonchev–Trinajstić information content (AvgIpc) is 3.09. The third-order valence-corrected chi connectivity index (χ3v) is 4.37. The summed E-state index contributed by atoms with van der Waals surface area (Å²) < 4.78 is 13.1. The van der Waals surface area contributed by atoms with Crippen LogP contribution >= 0.6 is 11.3 Å². The number of benzene rings is 2. The summed E-state index contributed by atoms with van der Waals surface area (Å²) >= 11 is 1.30. The molecule has 0 bridgehead atoms. The van der Waals surface area contributed by atoms with Gasteiger partial charge in [0.1, 0.15) is 5.82 Å². The van der Waals surface area contributed by atoms with E-state index in [1.54, 1.807) is 11.4 Å². The van der Waals surface area contributed by atoms with E-state index in [0.29, 0.717) is 16.5 Å². The van der Waals surface area contributed by atoms with E-state index in [-0.39, 0.29) is 5.91 Å². The SMILES string of the molecule is CC(=O)N(c1ccccc1)c1nc(/C=C/C(=O)Nc2cccc(F)c2)cs1. The van der Waals surface area contributed by atoms with Gasteiger partial charge in [-0.1, -0.05) is 24.3 Å². The number of para-hydroxylation sites is 1. The molecule has 1 N–H and O–H groups in total. The Labute approximate surface area is 159 Å². The van der Waals surface area contributed by atoms with Crippen LogP contribution in [0.1, 0.15) is 12.6 Å². The number of carbonyl (C=O) groups is 2. The van der Waals surface area contributed by atoms with Gasteiger partial charge in [0.2, 0.25) is 11.8 Å². The lowest BCUT2D eigenvalue weighted by atomic mass is 10.3. The number of hydrogen-bond donors (Lipinski definition) is 1. The predicted molar refractivity (Wildman–Crippen MR) is 105 cm³/mol. The van der Waals surface area contributed by atoms with E-state index in [1.807, 2.05) is 30.3 Å². The molecular formula is C20H16FN3O2S. The van der Waals surface area contributed by atoms with Crippen molar-refractivity contribution in [2.45, 2.75) is 6.92 Å². The zero-order valence-corrected chi connectivity index (χ0v) is 15.2. The van der Waals surface area contributed by atoms with Crippen LogP contribution in [0.25, 0.3) is 6.08 Å². The first kappa shape index (κ1) is 18.5. The van der Waals surface area contributed by atoms with E-state index in [1.165, 1.54) is 53.5 Å². The fraction of sp³-hybridized carbons (Fsp3) is 0.0500. The highest BCUT2D eigenvalue weighted by Crippen LogP contribution is 2.29.